The van der Waals surface area contributed by atoms with Crippen molar-refractivity contribution in [2.75, 3.05) is 25.6 Å². The number of anilines is 1. The van der Waals surface area contributed by atoms with E-state index in [1.807, 2.05) is 0 Å². The Bertz CT molecular complexity index is 1230. The van der Waals surface area contributed by atoms with E-state index < -0.39 is 23.5 Å². The number of nitrogens with zero attached hydrogens (tertiary/aromatic N) is 2. The number of esters is 1. The van der Waals surface area contributed by atoms with E-state index in [-0.39, 0.29) is 18.0 Å². The van der Waals surface area contributed by atoms with Crippen molar-refractivity contribution in [3.05, 3.63) is 64.6 Å². The monoisotopic (exact) mass is 474 g/mol. The maximum absolute atomic E-state index is 13.2. The standard InChI is InChI=1S/C24H24ClFN2O5/c1-24(2,3)33-23(31)28-18-12-15(25)8-11-17(18)20(21(28)22(30)32-5)27(4)13-19(29)14-6-9-16(26)10-7-14/h6-12H,13H2,1-5H3. The molecule has 0 unspecified atom stereocenters. The molecule has 0 bridgehead atoms. The number of aromatic nitrogens is 1. The van der Waals surface area contributed by atoms with Crippen LogP contribution in [0.3, 0.4) is 0 Å². The van der Waals surface area contributed by atoms with Crippen LogP contribution >= 0.6 is 11.6 Å². The summed E-state index contributed by atoms with van der Waals surface area (Å²) in [6.45, 7) is 4.97. The molecular weight excluding hydrogens is 451 g/mol. The van der Waals surface area contributed by atoms with Crippen LogP contribution < -0.4 is 4.90 Å². The predicted octanol–water partition coefficient (Wildman–Crippen LogP) is 5.32. The molecule has 0 N–H and O–H groups in total. The van der Waals surface area contributed by atoms with E-state index in [0.717, 1.165) is 4.57 Å². The molecule has 174 valence electrons. The number of carbonyl (C=O) groups excluding carboxylic acids is 3. The van der Waals surface area contributed by atoms with Crippen molar-refractivity contribution >= 4 is 46.0 Å². The van der Waals surface area contributed by atoms with E-state index in [2.05, 4.69) is 0 Å². The van der Waals surface area contributed by atoms with Gasteiger partial charge in [0, 0.05) is 23.0 Å². The molecule has 1 heterocycles. The lowest BCUT2D eigenvalue weighted by molar-refractivity contribution is 0.0490. The third kappa shape index (κ3) is 5.17. The van der Waals surface area contributed by atoms with E-state index in [4.69, 9.17) is 21.1 Å². The number of ketones is 1. The van der Waals surface area contributed by atoms with Crippen LogP contribution in [0.4, 0.5) is 14.9 Å². The highest BCUT2D eigenvalue weighted by molar-refractivity contribution is 6.31. The average molecular weight is 475 g/mol. The van der Waals surface area contributed by atoms with E-state index in [1.165, 1.54) is 42.3 Å². The number of likely N-dealkylation sites (N-methyl/N-ethyl adjacent to an activating group) is 1. The molecule has 0 amide bonds. The highest BCUT2D eigenvalue weighted by Crippen LogP contribution is 2.36. The lowest BCUT2D eigenvalue weighted by Crippen LogP contribution is -2.31. The number of Topliss-reactive ketones (excluding diaryl/α,β-unsaturated/α-hetero) is 1. The Hall–Kier alpha value is -3.39. The zero-order chi connectivity index (χ0) is 24.5. The molecule has 0 aliphatic heterocycles. The Balaban J connectivity index is 2.17. The number of halogens is 2. The summed E-state index contributed by atoms with van der Waals surface area (Å²) in [5, 5.41) is 0.845. The summed E-state index contributed by atoms with van der Waals surface area (Å²) in [7, 11) is 2.80. The molecule has 0 aliphatic rings. The van der Waals surface area contributed by atoms with Gasteiger partial charge in [-0.05, 0) is 63.2 Å². The first-order valence-electron chi connectivity index (χ1n) is 10.1. The Morgan fingerprint density at radius 2 is 1.73 bits per heavy atom. The number of fused-ring (bicyclic) bond motifs is 1. The van der Waals surface area contributed by atoms with Gasteiger partial charge in [0.05, 0.1) is 24.9 Å². The fraction of sp³-hybridized carbons (Fsp3) is 0.292. The van der Waals surface area contributed by atoms with Gasteiger partial charge in [-0.1, -0.05) is 11.6 Å². The van der Waals surface area contributed by atoms with Gasteiger partial charge < -0.3 is 14.4 Å². The first-order valence-corrected chi connectivity index (χ1v) is 10.5. The van der Waals surface area contributed by atoms with Gasteiger partial charge in [0.25, 0.3) is 0 Å². The van der Waals surface area contributed by atoms with Crippen LogP contribution in [0.1, 0.15) is 41.6 Å². The number of rotatable bonds is 5. The van der Waals surface area contributed by atoms with Gasteiger partial charge in [0.1, 0.15) is 11.4 Å². The van der Waals surface area contributed by atoms with Crippen molar-refractivity contribution in [3.8, 4) is 0 Å². The van der Waals surface area contributed by atoms with Crippen LogP contribution in [0.25, 0.3) is 10.9 Å². The van der Waals surface area contributed by atoms with Crippen molar-refractivity contribution in [2.24, 2.45) is 0 Å². The summed E-state index contributed by atoms with van der Waals surface area (Å²) in [4.78, 5) is 40.3. The molecule has 7 nitrogen and oxygen atoms in total. The summed E-state index contributed by atoms with van der Waals surface area (Å²) >= 11 is 6.18. The van der Waals surface area contributed by atoms with Crippen molar-refractivity contribution in [3.63, 3.8) is 0 Å². The quantitative estimate of drug-likeness (QED) is 0.368. The number of ether oxygens (including phenoxy) is 2. The molecule has 0 atom stereocenters. The van der Waals surface area contributed by atoms with Gasteiger partial charge in [0.15, 0.2) is 11.5 Å². The third-order valence-electron chi connectivity index (χ3n) is 4.79. The zero-order valence-corrected chi connectivity index (χ0v) is 19.7. The summed E-state index contributed by atoms with van der Waals surface area (Å²) < 4.78 is 24.8. The zero-order valence-electron chi connectivity index (χ0n) is 18.9. The van der Waals surface area contributed by atoms with Crippen LogP contribution in [0.2, 0.25) is 5.02 Å². The minimum Gasteiger partial charge on any atom is -0.464 e. The summed E-state index contributed by atoms with van der Waals surface area (Å²) in [5.41, 5.74) is 0.00726. The molecule has 3 rings (SSSR count). The normalized spacial score (nSPS) is 11.4. The topological polar surface area (TPSA) is 77.8 Å². The molecule has 0 spiro atoms. The van der Waals surface area contributed by atoms with Gasteiger partial charge in [-0.3, -0.25) is 4.79 Å². The minimum absolute atomic E-state index is 0.0987. The average Bonchev–Trinajstić information content (AvgIpc) is 3.06. The summed E-state index contributed by atoms with van der Waals surface area (Å²) in [6, 6.07) is 9.97. The molecule has 1 aromatic heterocycles. The van der Waals surface area contributed by atoms with Crippen molar-refractivity contribution in [2.45, 2.75) is 26.4 Å². The number of carbonyl (C=O) groups is 3. The van der Waals surface area contributed by atoms with Crippen LogP contribution in [-0.2, 0) is 9.47 Å². The highest BCUT2D eigenvalue weighted by atomic mass is 35.5. The highest BCUT2D eigenvalue weighted by Gasteiger charge is 2.32. The molecule has 0 aliphatic carbocycles. The van der Waals surface area contributed by atoms with E-state index in [1.54, 1.807) is 40.0 Å². The van der Waals surface area contributed by atoms with E-state index in [9.17, 15) is 18.8 Å². The predicted molar refractivity (Wildman–Crippen MR) is 124 cm³/mol. The second-order valence-electron chi connectivity index (χ2n) is 8.45. The molecule has 2 aromatic carbocycles. The largest absolute Gasteiger partial charge is 0.464 e. The van der Waals surface area contributed by atoms with Gasteiger partial charge in [-0.15, -0.1) is 0 Å². The second kappa shape index (κ2) is 9.23. The van der Waals surface area contributed by atoms with Crippen molar-refractivity contribution in [1.82, 2.24) is 4.57 Å². The van der Waals surface area contributed by atoms with Gasteiger partial charge in [-0.2, -0.15) is 0 Å². The lowest BCUT2D eigenvalue weighted by Gasteiger charge is -2.22. The first kappa shape index (κ1) is 24.3. The minimum atomic E-state index is -0.829. The van der Waals surface area contributed by atoms with E-state index in [0.29, 0.717) is 27.2 Å². The fourth-order valence-electron chi connectivity index (χ4n) is 3.43. The maximum Gasteiger partial charge on any atom is 0.419 e. The van der Waals surface area contributed by atoms with Gasteiger partial charge in [0.2, 0.25) is 0 Å². The number of benzene rings is 2. The number of hydrogen-bond acceptors (Lipinski definition) is 6. The number of hydrogen-bond donors (Lipinski definition) is 0. The fourth-order valence-corrected chi connectivity index (χ4v) is 3.60. The third-order valence-corrected chi connectivity index (χ3v) is 5.02. The van der Waals surface area contributed by atoms with Crippen LogP contribution in [0, 0.1) is 5.82 Å². The molecule has 0 saturated carbocycles. The molecule has 33 heavy (non-hydrogen) atoms. The molecule has 3 aromatic rings. The van der Waals surface area contributed by atoms with Crippen LogP contribution in [0.5, 0.6) is 0 Å². The Labute approximate surface area is 195 Å². The van der Waals surface area contributed by atoms with Crippen LogP contribution in [0.15, 0.2) is 42.5 Å². The lowest BCUT2D eigenvalue weighted by atomic mass is 10.1. The molecule has 9 heteroatoms. The smallest absolute Gasteiger partial charge is 0.419 e. The molecule has 0 radical (unpaired) electrons. The maximum atomic E-state index is 13.2. The first-order chi connectivity index (χ1) is 15.4. The SMILES string of the molecule is COC(=O)c1c(N(C)CC(=O)c2ccc(F)cc2)c2ccc(Cl)cc2n1C(=O)OC(C)(C)C. The van der Waals surface area contributed by atoms with E-state index >= 15 is 0 Å². The molecular formula is C24H24ClFN2O5. The van der Waals surface area contributed by atoms with Crippen molar-refractivity contribution in [1.29, 1.82) is 0 Å². The van der Waals surface area contributed by atoms with Crippen molar-refractivity contribution < 1.29 is 28.2 Å². The Kier molecular flexibility index (Phi) is 6.78. The summed E-state index contributed by atoms with van der Waals surface area (Å²) in [6.07, 6.45) is -0.792. The second-order valence-corrected chi connectivity index (χ2v) is 8.89. The molecule has 0 saturated heterocycles. The Morgan fingerprint density at radius 3 is 2.30 bits per heavy atom. The Morgan fingerprint density at radius 1 is 1.09 bits per heavy atom. The summed E-state index contributed by atoms with van der Waals surface area (Å²) in [5.74, 6) is -1.55. The molecule has 0 fully saturated rings. The van der Waals surface area contributed by atoms with Gasteiger partial charge >= 0.3 is 12.1 Å². The number of methoxy groups -OCH3 is 1. The van der Waals surface area contributed by atoms with Crippen LogP contribution in [-0.4, -0.2) is 48.7 Å². The van der Waals surface area contributed by atoms with Gasteiger partial charge in [-0.25, -0.2) is 18.5 Å².